The number of benzene rings is 1. The van der Waals surface area contributed by atoms with E-state index in [2.05, 4.69) is 0 Å². The monoisotopic (exact) mass is 277 g/mol. The molecule has 0 spiro atoms. The summed E-state index contributed by atoms with van der Waals surface area (Å²) < 4.78 is 1.70. The highest BCUT2D eigenvalue weighted by Crippen LogP contribution is 2.15. The maximum atomic E-state index is 11.9. The molecule has 1 aromatic heterocycles. The van der Waals surface area contributed by atoms with Crippen LogP contribution in [0.2, 0.25) is 0 Å². The van der Waals surface area contributed by atoms with Crippen LogP contribution in [0.25, 0.3) is 0 Å². The summed E-state index contributed by atoms with van der Waals surface area (Å²) in [5.74, 6) is -0.863. The average Bonchev–Trinajstić information content (AvgIpc) is 2.57. The number of aromatic nitrogens is 1. The van der Waals surface area contributed by atoms with Crippen molar-refractivity contribution < 1.29 is 9.90 Å². The second-order valence-electron chi connectivity index (χ2n) is 4.43. The molecule has 1 heterocycles. The van der Waals surface area contributed by atoms with Crippen molar-refractivity contribution in [1.29, 1.82) is 0 Å². The Balaban J connectivity index is 2.38. The number of carbonyl (C=O) groups is 1. The van der Waals surface area contributed by atoms with Gasteiger partial charge in [-0.05, 0) is 25.0 Å². The number of carboxylic acid groups (broad SMARTS) is 1. The van der Waals surface area contributed by atoms with E-state index >= 15 is 0 Å². The number of rotatable bonds is 4. The first-order chi connectivity index (χ1) is 8.99. The fourth-order valence-electron chi connectivity index (χ4n) is 1.99. The van der Waals surface area contributed by atoms with Crippen LogP contribution in [-0.2, 0) is 17.8 Å². The van der Waals surface area contributed by atoms with Crippen molar-refractivity contribution in [3.63, 3.8) is 0 Å². The Hall–Kier alpha value is -1.88. The molecule has 100 valence electrons. The van der Waals surface area contributed by atoms with Crippen molar-refractivity contribution in [2.45, 2.75) is 26.8 Å². The zero-order chi connectivity index (χ0) is 14.0. The summed E-state index contributed by atoms with van der Waals surface area (Å²) in [5, 5.41) is 8.90. The Bertz CT molecular complexity index is 670. The molecule has 0 aliphatic carbocycles. The predicted molar refractivity (Wildman–Crippen MR) is 74.9 cm³/mol. The van der Waals surface area contributed by atoms with E-state index in [1.54, 1.807) is 10.6 Å². The van der Waals surface area contributed by atoms with Gasteiger partial charge in [-0.3, -0.25) is 14.2 Å². The van der Waals surface area contributed by atoms with E-state index in [1.165, 1.54) is 11.3 Å². The lowest BCUT2D eigenvalue weighted by molar-refractivity contribution is -0.136. The van der Waals surface area contributed by atoms with Crippen LogP contribution < -0.4 is 4.87 Å². The van der Waals surface area contributed by atoms with Gasteiger partial charge in [0.25, 0.3) is 0 Å². The molecule has 0 aliphatic heterocycles. The Kier molecular flexibility index (Phi) is 3.85. The van der Waals surface area contributed by atoms with Gasteiger partial charge in [-0.2, -0.15) is 0 Å². The lowest BCUT2D eigenvalue weighted by Gasteiger charge is -2.09. The average molecular weight is 277 g/mol. The standard InChI is InChI=1S/C14H15NO3S/c1-9-10(2)19-14(18)15(9)8-12-6-4-3-5-11(12)7-13(16)17/h3-6H,7-8H2,1-2H3,(H,16,17). The van der Waals surface area contributed by atoms with E-state index in [-0.39, 0.29) is 11.3 Å². The van der Waals surface area contributed by atoms with Crippen LogP contribution in [0.5, 0.6) is 0 Å². The van der Waals surface area contributed by atoms with Crippen molar-refractivity contribution in [1.82, 2.24) is 4.57 Å². The number of carboxylic acids is 1. The smallest absolute Gasteiger partial charge is 0.307 e. The normalized spacial score (nSPS) is 10.6. The molecule has 0 saturated heterocycles. The lowest BCUT2D eigenvalue weighted by atomic mass is 10.0. The minimum atomic E-state index is -0.863. The maximum Gasteiger partial charge on any atom is 0.307 e. The Labute approximate surface area is 115 Å². The molecule has 1 aromatic carbocycles. The molecule has 0 radical (unpaired) electrons. The van der Waals surface area contributed by atoms with Gasteiger partial charge < -0.3 is 5.11 Å². The Morgan fingerprint density at radius 1 is 1.26 bits per heavy atom. The van der Waals surface area contributed by atoms with Gasteiger partial charge in [0.05, 0.1) is 13.0 Å². The van der Waals surface area contributed by atoms with E-state index in [9.17, 15) is 9.59 Å². The summed E-state index contributed by atoms with van der Waals surface area (Å²) in [6.45, 7) is 4.26. The van der Waals surface area contributed by atoms with Gasteiger partial charge in [0.2, 0.25) is 0 Å². The van der Waals surface area contributed by atoms with Gasteiger partial charge in [0.15, 0.2) is 0 Å². The highest BCUT2D eigenvalue weighted by atomic mass is 32.1. The number of thiazole rings is 1. The fraction of sp³-hybridized carbons (Fsp3) is 0.286. The molecule has 0 bridgehead atoms. The molecule has 0 aliphatic rings. The number of aryl methyl sites for hydroxylation is 1. The van der Waals surface area contributed by atoms with Crippen molar-refractivity contribution in [3.05, 3.63) is 55.6 Å². The topological polar surface area (TPSA) is 59.3 Å². The van der Waals surface area contributed by atoms with Crippen LogP contribution >= 0.6 is 11.3 Å². The highest BCUT2D eigenvalue weighted by Gasteiger charge is 2.11. The molecule has 0 atom stereocenters. The summed E-state index contributed by atoms with van der Waals surface area (Å²) in [6.07, 6.45) is -0.0207. The van der Waals surface area contributed by atoms with Gasteiger partial charge in [-0.25, -0.2) is 0 Å². The third kappa shape index (κ3) is 2.93. The van der Waals surface area contributed by atoms with Crippen molar-refractivity contribution >= 4 is 17.3 Å². The molecule has 19 heavy (non-hydrogen) atoms. The van der Waals surface area contributed by atoms with Crippen molar-refractivity contribution in [3.8, 4) is 0 Å². The van der Waals surface area contributed by atoms with E-state index in [4.69, 9.17) is 5.11 Å². The largest absolute Gasteiger partial charge is 0.481 e. The molecule has 0 unspecified atom stereocenters. The molecule has 2 aromatic rings. The molecular weight excluding hydrogens is 262 g/mol. The van der Waals surface area contributed by atoms with Gasteiger partial charge >= 0.3 is 10.8 Å². The van der Waals surface area contributed by atoms with E-state index in [0.717, 1.165) is 21.7 Å². The summed E-state index contributed by atoms with van der Waals surface area (Å²) in [5.41, 5.74) is 2.58. The van der Waals surface area contributed by atoms with Crippen LogP contribution in [0.1, 0.15) is 21.7 Å². The van der Waals surface area contributed by atoms with Crippen LogP contribution in [0.15, 0.2) is 29.1 Å². The third-order valence-electron chi connectivity index (χ3n) is 3.16. The number of aliphatic carboxylic acids is 1. The molecule has 5 heteroatoms. The minimum Gasteiger partial charge on any atom is -0.481 e. The Morgan fingerprint density at radius 2 is 1.89 bits per heavy atom. The zero-order valence-electron chi connectivity index (χ0n) is 10.8. The molecular formula is C14H15NO3S. The molecule has 0 saturated carbocycles. The molecule has 2 rings (SSSR count). The minimum absolute atomic E-state index is 0.000119. The zero-order valence-corrected chi connectivity index (χ0v) is 11.7. The summed E-state index contributed by atoms with van der Waals surface area (Å²) >= 11 is 1.23. The second-order valence-corrected chi connectivity index (χ2v) is 5.60. The van der Waals surface area contributed by atoms with E-state index in [0.29, 0.717) is 6.54 Å². The first-order valence-corrected chi connectivity index (χ1v) is 6.76. The first-order valence-electron chi connectivity index (χ1n) is 5.94. The Morgan fingerprint density at radius 3 is 2.42 bits per heavy atom. The predicted octanol–water partition coefficient (Wildman–Crippen LogP) is 2.20. The van der Waals surface area contributed by atoms with Gasteiger partial charge in [0, 0.05) is 10.6 Å². The van der Waals surface area contributed by atoms with E-state index < -0.39 is 5.97 Å². The second kappa shape index (κ2) is 5.40. The van der Waals surface area contributed by atoms with E-state index in [1.807, 2.05) is 32.0 Å². The SMILES string of the molecule is Cc1sc(=O)n(Cc2ccccc2CC(=O)O)c1C. The fourth-order valence-corrected chi connectivity index (χ4v) is 2.82. The number of hydrogen-bond acceptors (Lipinski definition) is 3. The molecule has 0 amide bonds. The van der Waals surface area contributed by atoms with Crippen molar-refractivity contribution in [2.24, 2.45) is 0 Å². The summed E-state index contributed by atoms with van der Waals surface area (Å²) in [6, 6.07) is 7.34. The summed E-state index contributed by atoms with van der Waals surface area (Å²) in [4.78, 5) is 23.7. The highest BCUT2D eigenvalue weighted by molar-refractivity contribution is 7.09. The maximum absolute atomic E-state index is 11.9. The third-order valence-corrected chi connectivity index (χ3v) is 4.16. The quantitative estimate of drug-likeness (QED) is 0.932. The lowest BCUT2D eigenvalue weighted by Crippen LogP contribution is -2.17. The molecule has 1 N–H and O–H groups in total. The first kappa shape index (κ1) is 13.5. The van der Waals surface area contributed by atoms with Gasteiger partial charge in [-0.15, -0.1) is 0 Å². The summed E-state index contributed by atoms with van der Waals surface area (Å²) in [7, 11) is 0. The molecule has 0 fully saturated rings. The molecule has 4 nitrogen and oxygen atoms in total. The number of hydrogen-bond donors (Lipinski definition) is 1. The van der Waals surface area contributed by atoms with Crippen LogP contribution in [-0.4, -0.2) is 15.6 Å². The van der Waals surface area contributed by atoms with Crippen molar-refractivity contribution in [2.75, 3.05) is 0 Å². The van der Waals surface area contributed by atoms with Gasteiger partial charge in [0.1, 0.15) is 0 Å². The van der Waals surface area contributed by atoms with Crippen LogP contribution in [0.3, 0.4) is 0 Å². The number of nitrogens with zero attached hydrogens (tertiary/aromatic N) is 1. The van der Waals surface area contributed by atoms with Crippen LogP contribution in [0, 0.1) is 13.8 Å². The van der Waals surface area contributed by atoms with Gasteiger partial charge in [-0.1, -0.05) is 35.6 Å². The van der Waals surface area contributed by atoms with Crippen LogP contribution in [0.4, 0.5) is 0 Å².